The highest BCUT2D eigenvalue weighted by Crippen LogP contribution is 2.11. The topological polar surface area (TPSA) is 97.8 Å². The van der Waals surface area contributed by atoms with Crippen molar-refractivity contribution in [2.24, 2.45) is 15.5 Å². The number of nitrogens with zero attached hydrogens (tertiary/aromatic N) is 3. The summed E-state index contributed by atoms with van der Waals surface area (Å²) in [6, 6.07) is 0. The maximum Gasteiger partial charge on any atom is 0.208 e. The van der Waals surface area contributed by atoms with Gasteiger partial charge in [0.2, 0.25) is 8.07 Å². The first-order chi connectivity index (χ1) is 6.44. The maximum absolute atomic E-state index is 8.71. The second-order valence-corrected chi connectivity index (χ2v) is 7.60. The van der Waals surface area contributed by atoms with Crippen LogP contribution in [-0.4, -0.2) is 39.7 Å². The van der Waals surface area contributed by atoms with Gasteiger partial charge in [0.05, 0.1) is 16.0 Å². The van der Waals surface area contributed by atoms with Gasteiger partial charge in [-0.1, -0.05) is 6.55 Å². The van der Waals surface area contributed by atoms with Crippen molar-refractivity contribution in [2.75, 3.05) is 0 Å². The molecule has 14 heavy (non-hydrogen) atoms. The van der Waals surface area contributed by atoms with Gasteiger partial charge in [-0.3, -0.25) is 0 Å². The summed E-state index contributed by atoms with van der Waals surface area (Å²) in [6.45, 7) is 6.59. The van der Waals surface area contributed by atoms with Gasteiger partial charge < -0.3 is 15.6 Å². The largest absolute Gasteiger partial charge is 0.411 e. The minimum absolute atomic E-state index is 0.420. The van der Waals surface area contributed by atoms with Crippen LogP contribution in [0.4, 0.5) is 0 Å². The second-order valence-electron chi connectivity index (χ2n) is 3.18. The second kappa shape index (κ2) is 4.75. The van der Waals surface area contributed by atoms with Crippen LogP contribution < -0.4 is 0 Å². The smallest absolute Gasteiger partial charge is 0.208 e. The molecule has 0 bridgehead atoms. The van der Waals surface area contributed by atoms with E-state index < -0.39 is 8.07 Å². The van der Waals surface area contributed by atoms with E-state index in [9.17, 15) is 0 Å². The fourth-order valence-electron chi connectivity index (χ4n) is 1.09. The van der Waals surface area contributed by atoms with Gasteiger partial charge in [-0.2, -0.15) is 0 Å². The van der Waals surface area contributed by atoms with E-state index in [1.807, 2.05) is 0 Å². The highest BCUT2D eigenvalue weighted by atomic mass is 28.3. The fourth-order valence-corrected chi connectivity index (χ4v) is 3.26. The lowest BCUT2D eigenvalue weighted by atomic mass is 10.8. The molecule has 0 aromatic carbocycles. The summed E-state index contributed by atoms with van der Waals surface area (Å²) >= 11 is 0. The lowest BCUT2D eigenvalue weighted by Crippen LogP contribution is -2.54. The molecule has 0 fully saturated rings. The molecular formula is C7H15N3O3Si. The van der Waals surface area contributed by atoms with E-state index >= 15 is 0 Å². The SMILES string of the molecule is CC(=NO)[Si](C)(C(C)=NO)C(C)=NO. The average Bonchev–Trinajstić information content (AvgIpc) is 2.24. The van der Waals surface area contributed by atoms with Crippen molar-refractivity contribution in [1.82, 2.24) is 0 Å². The van der Waals surface area contributed by atoms with E-state index in [4.69, 9.17) is 15.6 Å². The third-order valence-corrected chi connectivity index (χ3v) is 7.26. The molecule has 0 unspecified atom stereocenters. The van der Waals surface area contributed by atoms with Gasteiger partial charge in [0.1, 0.15) is 0 Å². The minimum Gasteiger partial charge on any atom is -0.411 e. The van der Waals surface area contributed by atoms with Crippen LogP contribution in [0, 0.1) is 0 Å². The molecule has 0 saturated carbocycles. The van der Waals surface area contributed by atoms with Gasteiger partial charge in [0.25, 0.3) is 0 Å². The zero-order valence-electron chi connectivity index (χ0n) is 8.68. The van der Waals surface area contributed by atoms with Gasteiger partial charge in [-0.25, -0.2) is 0 Å². The molecule has 0 saturated heterocycles. The molecule has 0 aromatic heterocycles. The fraction of sp³-hybridized carbons (Fsp3) is 0.571. The predicted octanol–water partition coefficient (Wildman–Crippen LogP) is 1.23. The summed E-state index contributed by atoms with van der Waals surface area (Å²) in [4.78, 5) is 0. The van der Waals surface area contributed by atoms with E-state index in [-0.39, 0.29) is 0 Å². The predicted molar refractivity (Wildman–Crippen MR) is 56.3 cm³/mol. The van der Waals surface area contributed by atoms with Gasteiger partial charge in [0, 0.05) is 0 Å². The molecule has 80 valence electrons. The Kier molecular flexibility index (Phi) is 4.28. The van der Waals surface area contributed by atoms with Gasteiger partial charge in [-0.05, 0) is 20.8 Å². The van der Waals surface area contributed by atoms with E-state index in [0.717, 1.165) is 0 Å². The molecule has 0 aliphatic heterocycles. The third kappa shape index (κ3) is 1.92. The Hall–Kier alpha value is -1.37. The molecule has 0 heterocycles. The lowest BCUT2D eigenvalue weighted by molar-refractivity contribution is 0.318. The molecule has 6 nitrogen and oxygen atoms in total. The van der Waals surface area contributed by atoms with Crippen molar-refractivity contribution in [3.05, 3.63) is 0 Å². The first-order valence-electron chi connectivity index (χ1n) is 4.02. The van der Waals surface area contributed by atoms with Crippen LogP contribution in [0.3, 0.4) is 0 Å². The zero-order chi connectivity index (χ0) is 11.4. The summed E-state index contributed by atoms with van der Waals surface area (Å²) in [5.74, 6) is 0. The highest BCUT2D eigenvalue weighted by Gasteiger charge is 2.40. The monoisotopic (exact) mass is 217 g/mol. The summed E-state index contributed by atoms with van der Waals surface area (Å²) < 4.78 is 0. The maximum atomic E-state index is 8.71. The van der Waals surface area contributed by atoms with E-state index in [1.54, 1.807) is 27.3 Å². The number of hydrogen-bond donors (Lipinski definition) is 3. The van der Waals surface area contributed by atoms with E-state index in [2.05, 4.69) is 15.5 Å². The number of hydrogen-bond acceptors (Lipinski definition) is 6. The first-order valence-corrected chi connectivity index (χ1v) is 6.52. The van der Waals surface area contributed by atoms with Crippen LogP contribution in [-0.2, 0) is 0 Å². The molecule has 3 N–H and O–H groups in total. The van der Waals surface area contributed by atoms with Crippen molar-refractivity contribution in [3.8, 4) is 0 Å². The van der Waals surface area contributed by atoms with Crippen molar-refractivity contribution in [1.29, 1.82) is 0 Å². The Balaban J connectivity index is 5.51. The zero-order valence-corrected chi connectivity index (χ0v) is 9.68. The molecule has 7 heteroatoms. The number of rotatable bonds is 3. The van der Waals surface area contributed by atoms with E-state index in [1.165, 1.54) is 0 Å². The molecule has 0 spiro atoms. The quantitative estimate of drug-likeness (QED) is 0.287. The van der Waals surface area contributed by atoms with Crippen molar-refractivity contribution < 1.29 is 15.6 Å². The summed E-state index contributed by atoms with van der Waals surface area (Å²) in [7, 11) is -2.56. The van der Waals surface area contributed by atoms with Crippen molar-refractivity contribution in [3.63, 3.8) is 0 Å². The first kappa shape index (κ1) is 12.6. The highest BCUT2D eigenvalue weighted by molar-refractivity contribution is 7.41. The molecule has 0 atom stereocenters. The van der Waals surface area contributed by atoms with Crippen LogP contribution in [0.25, 0.3) is 0 Å². The average molecular weight is 217 g/mol. The Morgan fingerprint density at radius 1 is 0.786 bits per heavy atom. The van der Waals surface area contributed by atoms with Crippen LogP contribution in [0.15, 0.2) is 15.5 Å². The molecule has 0 aromatic rings. The number of oxime groups is 3. The Bertz CT molecular complexity index is 253. The minimum atomic E-state index is -2.56. The Morgan fingerprint density at radius 3 is 1.14 bits per heavy atom. The van der Waals surface area contributed by atoms with Crippen molar-refractivity contribution >= 4 is 24.1 Å². The summed E-state index contributed by atoms with van der Waals surface area (Å²) in [5.41, 5.74) is 0. The van der Waals surface area contributed by atoms with Crippen LogP contribution in [0.5, 0.6) is 0 Å². The normalized spacial score (nSPS) is 19.3. The van der Waals surface area contributed by atoms with Gasteiger partial charge >= 0.3 is 0 Å². The van der Waals surface area contributed by atoms with Gasteiger partial charge in [0.15, 0.2) is 0 Å². The lowest BCUT2D eigenvalue weighted by Gasteiger charge is -2.23. The Morgan fingerprint density at radius 2 is 1.00 bits per heavy atom. The Labute approximate surface area is 83.2 Å². The van der Waals surface area contributed by atoms with Crippen LogP contribution in [0.1, 0.15) is 20.8 Å². The molecule has 0 radical (unpaired) electrons. The summed E-state index contributed by atoms with van der Waals surface area (Å²) in [5, 5.41) is 36.7. The van der Waals surface area contributed by atoms with Crippen LogP contribution >= 0.6 is 0 Å². The van der Waals surface area contributed by atoms with Crippen LogP contribution in [0.2, 0.25) is 6.55 Å². The van der Waals surface area contributed by atoms with Crippen molar-refractivity contribution in [2.45, 2.75) is 27.3 Å². The van der Waals surface area contributed by atoms with Gasteiger partial charge in [-0.15, -0.1) is 15.5 Å². The molecule has 0 aliphatic carbocycles. The molecule has 0 amide bonds. The molecular weight excluding hydrogens is 202 g/mol. The standard InChI is InChI=1S/C7H15N3O3Si/c1-5(8-11)14(4,6(2)9-12)7(3)10-13/h11-13H,1-4H3. The third-order valence-electron chi connectivity index (χ3n) is 2.62. The van der Waals surface area contributed by atoms with E-state index in [0.29, 0.717) is 16.0 Å². The molecule has 0 rings (SSSR count). The summed E-state index contributed by atoms with van der Waals surface area (Å²) in [6.07, 6.45) is 0. The molecule has 0 aliphatic rings.